The zero-order valence-electron chi connectivity index (χ0n) is 22.6. The Morgan fingerprint density at radius 3 is 2.18 bits per heavy atom. The Kier molecular flexibility index (Phi) is 6.54. The van der Waals surface area contributed by atoms with Gasteiger partial charge in [0, 0.05) is 44.0 Å². The van der Waals surface area contributed by atoms with Crippen molar-refractivity contribution in [3.05, 3.63) is 82.9 Å². The smallest absolute Gasteiger partial charge is 0.254 e. The Morgan fingerprint density at radius 2 is 1.49 bits per heavy atom. The predicted molar refractivity (Wildman–Crippen MR) is 148 cm³/mol. The number of anilines is 1. The van der Waals surface area contributed by atoms with E-state index in [2.05, 4.69) is 17.0 Å². The first-order valence-electron chi connectivity index (χ1n) is 13.4. The van der Waals surface area contributed by atoms with E-state index in [1.807, 2.05) is 58.3 Å². The van der Waals surface area contributed by atoms with Gasteiger partial charge < -0.3 is 28.9 Å². The van der Waals surface area contributed by atoms with Crippen LogP contribution in [0.25, 0.3) is 0 Å². The van der Waals surface area contributed by atoms with E-state index in [1.54, 1.807) is 21.3 Å². The average Bonchev–Trinajstić information content (AvgIpc) is 3.00. The van der Waals surface area contributed by atoms with Crippen LogP contribution in [-0.4, -0.2) is 75.7 Å². The molecule has 3 aliphatic rings. The molecule has 0 aliphatic carbocycles. The highest BCUT2D eigenvalue weighted by molar-refractivity contribution is 6.01. The molecule has 2 amide bonds. The van der Waals surface area contributed by atoms with Crippen molar-refractivity contribution < 1.29 is 23.8 Å². The van der Waals surface area contributed by atoms with Crippen LogP contribution in [0.2, 0.25) is 0 Å². The van der Waals surface area contributed by atoms with Crippen LogP contribution in [0.15, 0.2) is 60.7 Å². The minimum Gasteiger partial charge on any atom is -0.497 e. The molecule has 8 nitrogen and oxygen atoms in total. The second-order valence-electron chi connectivity index (χ2n) is 10.2. The Morgan fingerprint density at radius 1 is 0.795 bits per heavy atom. The number of nitrogens with zero attached hydrogens (tertiary/aromatic N) is 3. The van der Waals surface area contributed by atoms with Gasteiger partial charge in [-0.15, -0.1) is 0 Å². The van der Waals surface area contributed by atoms with E-state index in [0.29, 0.717) is 43.1 Å². The number of amides is 2. The van der Waals surface area contributed by atoms with Gasteiger partial charge >= 0.3 is 0 Å². The molecule has 202 valence electrons. The Hall–Kier alpha value is -4.20. The molecule has 0 bridgehead atoms. The zero-order chi connectivity index (χ0) is 27.1. The number of hydrogen-bond acceptors (Lipinski definition) is 6. The van der Waals surface area contributed by atoms with Crippen LogP contribution >= 0.6 is 0 Å². The molecule has 0 radical (unpaired) electrons. The van der Waals surface area contributed by atoms with Crippen LogP contribution in [0.5, 0.6) is 17.2 Å². The fourth-order valence-corrected chi connectivity index (χ4v) is 6.29. The number of carbonyl (C=O) groups excluding carboxylic acids is 2. The van der Waals surface area contributed by atoms with Gasteiger partial charge in [-0.3, -0.25) is 9.59 Å². The van der Waals surface area contributed by atoms with Gasteiger partial charge in [-0.2, -0.15) is 0 Å². The topological polar surface area (TPSA) is 71.6 Å². The fraction of sp³-hybridized carbons (Fsp3) is 0.355. The summed E-state index contributed by atoms with van der Waals surface area (Å²) in [6.45, 7) is 3.25. The first-order chi connectivity index (χ1) is 19.0. The van der Waals surface area contributed by atoms with E-state index < -0.39 is 12.0 Å². The van der Waals surface area contributed by atoms with Gasteiger partial charge in [-0.05, 0) is 65.6 Å². The normalized spacial score (nSPS) is 20.1. The number of rotatable bonds is 5. The lowest BCUT2D eigenvalue weighted by molar-refractivity contribution is -0.135. The summed E-state index contributed by atoms with van der Waals surface area (Å²) >= 11 is 0. The third kappa shape index (κ3) is 4.24. The molecule has 3 aromatic rings. The van der Waals surface area contributed by atoms with Crippen molar-refractivity contribution in [3.63, 3.8) is 0 Å². The van der Waals surface area contributed by atoms with Gasteiger partial charge in [0.2, 0.25) is 5.91 Å². The Balaban J connectivity index is 1.34. The third-order valence-corrected chi connectivity index (χ3v) is 8.32. The molecule has 3 heterocycles. The molecular formula is C31H33N3O5. The Bertz CT molecular complexity index is 1400. The van der Waals surface area contributed by atoms with Crippen molar-refractivity contribution in [1.29, 1.82) is 0 Å². The van der Waals surface area contributed by atoms with Crippen molar-refractivity contribution >= 4 is 17.5 Å². The molecule has 0 saturated carbocycles. The van der Waals surface area contributed by atoms with Crippen LogP contribution in [-0.2, 0) is 11.2 Å². The van der Waals surface area contributed by atoms with Crippen molar-refractivity contribution in [2.75, 3.05) is 59.0 Å². The molecular weight excluding hydrogens is 494 g/mol. The molecule has 6 rings (SSSR count). The van der Waals surface area contributed by atoms with Gasteiger partial charge in [0.05, 0.1) is 33.3 Å². The average molecular weight is 528 g/mol. The monoisotopic (exact) mass is 527 g/mol. The zero-order valence-corrected chi connectivity index (χ0v) is 22.6. The largest absolute Gasteiger partial charge is 0.497 e. The molecule has 0 unspecified atom stereocenters. The quantitative estimate of drug-likeness (QED) is 0.501. The van der Waals surface area contributed by atoms with E-state index in [-0.39, 0.29) is 11.8 Å². The predicted octanol–water partition coefficient (Wildman–Crippen LogP) is 3.90. The lowest BCUT2D eigenvalue weighted by Crippen LogP contribution is -2.54. The van der Waals surface area contributed by atoms with Crippen LogP contribution in [0.3, 0.4) is 0 Å². The van der Waals surface area contributed by atoms with Gasteiger partial charge in [-0.1, -0.05) is 18.2 Å². The SMILES string of the molecule is COc1ccc(N2CCN(C(=O)[C@@H]3c4ccccc4C(=O)N4CCc5cc(OC)c(OC)cc5[C@@H]34)CC2)cc1. The number of methoxy groups -OCH3 is 3. The summed E-state index contributed by atoms with van der Waals surface area (Å²) in [7, 11) is 4.89. The summed E-state index contributed by atoms with van der Waals surface area (Å²) in [5, 5.41) is 0. The van der Waals surface area contributed by atoms with E-state index in [9.17, 15) is 9.59 Å². The summed E-state index contributed by atoms with van der Waals surface area (Å²) < 4.78 is 16.5. The van der Waals surface area contributed by atoms with Gasteiger partial charge in [0.1, 0.15) is 5.75 Å². The maximum Gasteiger partial charge on any atom is 0.254 e. The fourth-order valence-electron chi connectivity index (χ4n) is 6.29. The van der Waals surface area contributed by atoms with Crippen LogP contribution in [0.1, 0.15) is 39.0 Å². The lowest BCUT2D eigenvalue weighted by Gasteiger charge is -2.47. The minimum absolute atomic E-state index is 0.0237. The number of piperazine rings is 1. The number of benzene rings is 3. The molecule has 0 aromatic heterocycles. The molecule has 1 saturated heterocycles. The molecule has 0 N–H and O–H groups in total. The van der Waals surface area contributed by atoms with E-state index in [4.69, 9.17) is 14.2 Å². The molecule has 39 heavy (non-hydrogen) atoms. The highest BCUT2D eigenvalue weighted by atomic mass is 16.5. The standard InChI is InChI=1S/C31H33N3O5/c1-37-22-10-8-21(9-11-22)32-14-16-33(17-15-32)31(36)28-23-6-4-5-7-24(23)30(35)34-13-12-20-18-26(38-2)27(39-3)19-25(20)29(28)34/h4-11,18-19,28-29H,12-17H2,1-3H3/t28-,29+/m1/s1. The van der Waals surface area contributed by atoms with Crippen molar-refractivity contribution in [3.8, 4) is 17.2 Å². The number of carbonyl (C=O) groups is 2. The van der Waals surface area contributed by atoms with E-state index in [1.165, 1.54) is 0 Å². The molecule has 8 heteroatoms. The molecule has 2 atom stereocenters. The summed E-state index contributed by atoms with van der Waals surface area (Å²) in [5.74, 6) is 1.62. The van der Waals surface area contributed by atoms with Gasteiger partial charge in [-0.25, -0.2) is 0 Å². The summed E-state index contributed by atoms with van der Waals surface area (Å²) in [4.78, 5) is 34.2. The first kappa shape index (κ1) is 25.1. The second kappa shape index (κ2) is 10.2. The van der Waals surface area contributed by atoms with E-state index >= 15 is 0 Å². The highest BCUT2D eigenvalue weighted by Gasteiger charge is 2.48. The molecule has 1 fully saturated rings. The number of ether oxygens (including phenoxy) is 3. The summed E-state index contributed by atoms with van der Waals surface area (Å²) in [6.07, 6.45) is 0.696. The molecule has 3 aromatic carbocycles. The second-order valence-corrected chi connectivity index (χ2v) is 10.2. The van der Waals surface area contributed by atoms with Gasteiger partial charge in [0.15, 0.2) is 11.5 Å². The lowest BCUT2D eigenvalue weighted by atomic mass is 9.75. The highest BCUT2D eigenvalue weighted by Crippen LogP contribution is 2.49. The maximum absolute atomic E-state index is 14.4. The number of hydrogen-bond donors (Lipinski definition) is 0. The summed E-state index contributed by atoms with van der Waals surface area (Å²) in [5.41, 5.74) is 4.58. The van der Waals surface area contributed by atoms with Crippen LogP contribution in [0, 0.1) is 0 Å². The number of fused-ring (bicyclic) bond motifs is 4. The maximum atomic E-state index is 14.4. The minimum atomic E-state index is -0.497. The van der Waals surface area contributed by atoms with Crippen LogP contribution in [0.4, 0.5) is 5.69 Å². The molecule has 3 aliphatic heterocycles. The molecule has 0 spiro atoms. The van der Waals surface area contributed by atoms with Gasteiger partial charge in [0.25, 0.3) is 5.91 Å². The first-order valence-corrected chi connectivity index (χ1v) is 13.4. The van der Waals surface area contributed by atoms with E-state index in [0.717, 1.165) is 41.2 Å². The Labute approximate surface area is 228 Å². The third-order valence-electron chi connectivity index (χ3n) is 8.32. The summed E-state index contributed by atoms with van der Waals surface area (Å²) in [6, 6.07) is 19.1. The van der Waals surface area contributed by atoms with Crippen molar-refractivity contribution in [1.82, 2.24) is 9.80 Å². The van der Waals surface area contributed by atoms with Crippen molar-refractivity contribution in [2.45, 2.75) is 18.4 Å². The van der Waals surface area contributed by atoms with Crippen molar-refractivity contribution in [2.24, 2.45) is 0 Å². The van der Waals surface area contributed by atoms with Crippen LogP contribution < -0.4 is 19.1 Å².